The molecule has 1 unspecified atom stereocenters. The SMILES string of the molecule is CCC(CC1CC1)Nc1cc2c(cc1N)CC(=O)N2. The van der Waals surface area contributed by atoms with Gasteiger partial charge >= 0.3 is 0 Å². The Morgan fingerprint density at radius 3 is 2.95 bits per heavy atom. The molecular formula is C15H21N3O. The van der Waals surface area contributed by atoms with Crippen LogP contribution in [0.5, 0.6) is 0 Å². The Labute approximate surface area is 113 Å². The van der Waals surface area contributed by atoms with Gasteiger partial charge in [0.05, 0.1) is 17.8 Å². The van der Waals surface area contributed by atoms with E-state index in [1.54, 1.807) is 0 Å². The molecule has 1 aliphatic heterocycles. The lowest BCUT2D eigenvalue weighted by Crippen LogP contribution is -2.20. The quantitative estimate of drug-likeness (QED) is 0.712. The van der Waals surface area contributed by atoms with Crippen molar-refractivity contribution < 1.29 is 4.79 Å². The third-order valence-electron chi connectivity index (χ3n) is 4.07. The number of benzene rings is 1. The number of nitrogens with one attached hydrogen (secondary N) is 2. The van der Waals surface area contributed by atoms with Crippen LogP contribution in [0, 0.1) is 5.92 Å². The second-order valence-corrected chi connectivity index (χ2v) is 5.75. The van der Waals surface area contributed by atoms with Crippen LogP contribution in [0.15, 0.2) is 12.1 Å². The van der Waals surface area contributed by atoms with E-state index >= 15 is 0 Å². The first-order valence-corrected chi connectivity index (χ1v) is 7.14. The van der Waals surface area contributed by atoms with Crippen LogP contribution in [0.2, 0.25) is 0 Å². The number of fused-ring (bicyclic) bond motifs is 1. The molecule has 1 amide bonds. The summed E-state index contributed by atoms with van der Waals surface area (Å²) in [7, 11) is 0. The first-order chi connectivity index (χ1) is 9.15. The standard InChI is InChI=1S/C15H21N3O/c1-2-11(5-9-3-4-9)17-14-8-13-10(6-12(14)16)7-15(19)18-13/h6,8-9,11,17H,2-5,7,16H2,1H3,(H,18,19). The number of hydrogen-bond acceptors (Lipinski definition) is 3. The number of carbonyl (C=O) groups is 1. The fraction of sp³-hybridized carbons (Fsp3) is 0.533. The highest BCUT2D eigenvalue weighted by atomic mass is 16.1. The molecule has 1 aromatic carbocycles. The van der Waals surface area contributed by atoms with E-state index in [0.717, 1.165) is 35.0 Å². The van der Waals surface area contributed by atoms with Gasteiger partial charge in [-0.15, -0.1) is 0 Å². The predicted molar refractivity (Wildman–Crippen MR) is 78.2 cm³/mol. The van der Waals surface area contributed by atoms with Crippen LogP contribution < -0.4 is 16.4 Å². The molecule has 1 fully saturated rings. The zero-order valence-electron chi connectivity index (χ0n) is 11.3. The summed E-state index contributed by atoms with van der Waals surface area (Å²) in [5.41, 5.74) is 9.69. The average molecular weight is 259 g/mol. The Bertz CT molecular complexity index is 508. The van der Waals surface area contributed by atoms with Crippen LogP contribution >= 0.6 is 0 Å². The minimum absolute atomic E-state index is 0.0524. The Hall–Kier alpha value is -1.71. The van der Waals surface area contributed by atoms with E-state index < -0.39 is 0 Å². The van der Waals surface area contributed by atoms with Gasteiger partial charge in [-0.25, -0.2) is 0 Å². The zero-order valence-corrected chi connectivity index (χ0v) is 11.3. The van der Waals surface area contributed by atoms with E-state index in [1.165, 1.54) is 19.3 Å². The normalized spacial score (nSPS) is 18.9. The second-order valence-electron chi connectivity index (χ2n) is 5.75. The summed E-state index contributed by atoms with van der Waals surface area (Å²) < 4.78 is 0. The number of nitrogens with two attached hydrogens (primary N) is 1. The Morgan fingerprint density at radius 2 is 2.26 bits per heavy atom. The van der Waals surface area contributed by atoms with Crippen molar-refractivity contribution in [1.82, 2.24) is 0 Å². The summed E-state index contributed by atoms with van der Waals surface area (Å²) in [6.45, 7) is 2.20. The molecule has 0 spiro atoms. The largest absolute Gasteiger partial charge is 0.397 e. The fourth-order valence-electron chi connectivity index (χ4n) is 2.72. The molecule has 4 N–H and O–H groups in total. The number of nitrogen functional groups attached to an aromatic ring is 1. The molecule has 0 bridgehead atoms. The van der Waals surface area contributed by atoms with Crippen molar-refractivity contribution in [2.75, 3.05) is 16.4 Å². The summed E-state index contributed by atoms with van der Waals surface area (Å²) in [6.07, 6.45) is 5.50. The molecule has 1 atom stereocenters. The minimum Gasteiger partial charge on any atom is -0.397 e. The number of amides is 1. The molecule has 1 saturated carbocycles. The highest BCUT2D eigenvalue weighted by Crippen LogP contribution is 2.36. The van der Waals surface area contributed by atoms with Crippen LogP contribution in [-0.4, -0.2) is 11.9 Å². The van der Waals surface area contributed by atoms with Crippen molar-refractivity contribution >= 4 is 23.0 Å². The molecule has 0 aromatic heterocycles. The Morgan fingerprint density at radius 1 is 1.47 bits per heavy atom. The summed E-state index contributed by atoms with van der Waals surface area (Å²) >= 11 is 0. The average Bonchev–Trinajstić information content (AvgIpc) is 3.11. The van der Waals surface area contributed by atoms with Crippen LogP contribution in [0.1, 0.15) is 38.2 Å². The van der Waals surface area contributed by atoms with Gasteiger partial charge in [0.15, 0.2) is 0 Å². The van der Waals surface area contributed by atoms with Gasteiger partial charge in [-0.05, 0) is 36.5 Å². The van der Waals surface area contributed by atoms with Crippen molar-refractivity contribution in [1.29, 1.82) is 0 Å². The maximum atomic E-state index is 11.4. The van der Waals surface area contributed by atoms with Gasteiger partial charge in [-0.2, -0.15) is 0 Å². The fourth-order valence-corrected chi connectivity index (χ4v) is 2.72. The second kappa shape index (κ2) is 4.76. The zero-order chi connectivity index (χ0) is 13.4. The van der Waals surface area contributed by atoms with Crippen LogP contribution in [0.4, 0.5) is 17.1 Å². The highest BCUT2D eigenvalue weighted by molar-refractivity contribution is 6.00. The monoisotopic (exact) mass is 259 g/mol. The van der Waals surface area contributed by atoms with Crippen molar-refractivity contribution in [3.8, 4) is 0 Å². The summed E-state index contributed by atoms with van der Waals surface area (Å²) in [6, 6.07) is 4.37. The number of hydrogen-bond donors (Lipinski definition) is 3. The molecule has 0 saturated heterocycles. The molecule has 3 rings (SSSR count). The third kappa shape index (κ3) is 2.67. The summed E-state index contributed by atoms with van der Waals surface area (Å²) in [4.78, 5) is 11.4. The Kier molecular flexibility index (Phi) is 3.09. The molecule has 19 heavy (non-hydrogen) atoms. The van der Waals surface area contributed by atoms with E-state index in [9.17, 15) is 4.79 Å². The van der Waals surface area contributed by atoms with Gasteiger partial charge in [0.1, 0.15) is 0 Å². The molecule has 0 radical (unpaired) electrons. The predicted octanol–water partition coefficient (Wildman–Crippen LogP) is 2.75. The number of carbonyl (C=O) groups excluding carboxylic acids is 1. The minimum atomic E-state index is 0.0524. The van der Waals surface area contributed by atoms with Gasteiger partial charge < -0.3 is 16.4 Å². The van der Waals surface area contributed by atoms with Crippen LogP contribution in [0.25, 0.3) is 0 Å². The molecule has 4 heteroatoms. The molecule has 1 heterocycles. The lowest BCUT2D eigenvalue weighted by Gasteiger charge is -2.20. The maximum absolute atomic E-state index is 11.4. The van der Waals surface area contributed by atoms with Crippen molar-refractivity contribution in [2.45, 2.75) is 45.1 Å². The van der Waals surface area contributed by atoms with Crippen LogP contribution in [0.3, 0.4) is 0 Å². The third-order valence-corrected chi connectivity index (χ3v) is 4.07. The lowest BCUT2D eigenvalue weighted by molar-refractivity contribution is -0.115. The van der Waals surface area contributed by atoms with E-state index in [0.29, 0.717) is 12.5 Å². The van der Waals surface area contributed by atoms with Gasteiger partial charge in [-0.1, -0.05) is 19.8 Å². The molecule has 2 aliphatic rings. The van der Waals surface area contributed by atoms with Crippen molar-refractivity contribution in [3.63, 3.8) is 0 Å². The summed E-state index contributed by atoms with van der Waals surface area (Å²) in [5.74, 6) is 0.948. The van der Waals surface area contributed by atoms with Gasteiger partial charge in [-0.3, -0.25) is 4.79 Å². The molecule has 1 aliphatic carbocycles. The lowest BCUT2D eigenvalue weighted by atomic mass is 10.1. The number of anilines is 3. The Balaban J connectivity index is 1.76. The highest BCUT2D eigenvalue weighted by Gasteiger charge is 2.25. The molecular weight excluding hydrogens is 238 g/mol. The summed E-state index contributed by atoms with van der Waals surface area (Å²) in [5, 5.41) is 6.41. The van der Waals surface area contributed by atoms with Gasteiger partial charge in [0.2, 0.25) is 5.91 Å². The molecule has 4 nitrogen and oxygen atoms in total. The van der Waals surface area contributed by atoms with Crippen molar-refractivity contribution in [3.05, 3.63) is 17.7 Å². The van der Waals surface area contributed by atoms with E-state index in [2.05, 4.69) is 17.6 Å². The number of rotatable bonds is 5. The van der Waals surface area contributed by atoms with E-state index in [1.807, 2.05) is 12.1 Å². The molecule has 1 aromatic rings. The first kappa shape index (κ1) is 12.3. The van der Waals surface area contributed by atoms with Gasteiger partial charge in [0.25, 0.3) is 0 Å². The molecule has 102 valence electrons. The van der Waals surface area contributed by atoms with Gasteiger partial charge in [0, 0.05) is 11.7 Å². The topological polar surface area (TPSA) is 67.1 Å². The van der Waals surface area contributed by atoms with E-state index in [4.69, 9.17) is 5.73 Å². The maximum Gasteiger partial charge on any atom is 0.228 e. The van der Waals surface area contributed by atoms with Crippen LogP contribution in [-0.2, 0) is 11.2 Å². The smallest absolute Gasteiger partial charge is 0.228 e. The van der Waals surface area contributed by atoms with E-state index in [-0.39, 0.29) is 5.91 Å². The first-order valence-electron chi connectivity index (χ1n) is 7.14. The van der Waals surface area contributed by atoms with Crippen molar-refractivity contribution in [2.24, 2.45) is 5.92 Å².